The fourth-order valence-electron chi connectivity index (χ4n) is 1.66. The van der Waals surface area contributed by atoms with Crippen molar-refractivity contribution in [1.29, 1.82) is 0 Å². The maximum absolute atomic E-state index is 12.0. The molecular formula is C12H17ClN2O3. The Morgan fingerprint density at radius 2 is 2.17 bits per heavy atom. The maximum Gasteiger partial charge on any atom is 0.326 e. The highest BCUT2D eigenvalue weighted by atomic mass is 35.5. The van der Waals surface area contributed by atoms with Crippen molar-refractivity contribution in [3.63, 3.8) is 0 Å². The number of amides is 1. The molecule has 18 heavy (non-hydrogen) atoms. The monoisotopic (exact) mass is 272 g/mol. The van der Waals surface area contributed by atoms with Crippen molar-refractivity contribution in [2.45, 2.75) is 39.3 Å². The van der Waals surface area contributed by atoms with Crippen LogP contribution in [-0.2, 0) is 11.3 Å². The third-order valence-corrected chi connectivity index (χ3v) is 2.78. The molecule has 0 fully saturated rings. The molecule has 1 amide bonds. The van der Waals surface area contributed by atoms with Crippen molar-refractivity contribution in [2.24, 2.45) is 0 Å². The summed E-state index contributed by atoms with van der Waals surface area (Å²) in [5, 5.41) is 11.8. The molecule has 100 valence electrons. The molecule has 1 aromatic heterocycles. The van der Waals surface area contributed by atoms with Gasteiger partial charge in [-0.05, 0) is 18.9 Å². The molecule has 2 N–H and O–H groups in total. The zero-order valence-corrected chi connectivity index (χ0v) is 11.2. The minimum Gasteiger partial charge on any atom is -0.480 e. The number of halogens is 1. The number of hydrogen-bond donors (Lipinski definition) is 2. The second-order valence-corrected chi connectivity index (χ2v) is 4.45. The summed E-state index contributed by atoms with van der Waals surface area (Å²) in [7, 11) is 0. The van der Waals surface area contributed by atoms with Gasteiger partial charge in [-0.2, -0.15) is 0 Å². The predicted molar refractivity (Wildman–Crippen MR) is 68.9 cm³/mol. The summed E-state index contributed by atoms with van der Waals surface area (Å²) >= 11 is 5.86. The first-order chi connectivity index (χ1) is 8.49. The van der Waals surface area contributed by atoms with Gasteiger partial charge in [-0.25, -0.2) is 4.79 Å². The molecule has 0 spiro atoms. The Labute approximate surface area is 111 Å². The molecular weight excluding hydrogens is 256 g/mol. The van der Waals surface area contributed by atoms with Gasteiger partial charge in [0.05, 0.1) is 5.02 Å². The topological polar surface area (TPSA) is 71.3 Å². The summed E-state index contributed by atoms with van der Waals surface area (Å²) in [4.78, 5) is 22.8. The lowest BCUT2D eigenvalue weighted by Gasteiger charge is -2.13. The standard InChI is InChI=1S/C12H17ClN2O3/c1-3-5-15-7-8(13)6-10(15)11(16)14-9(4-2)12(17)18/h6-7,9H,3-5H2,1-2H3,(H,14,16)(H,17,18)/t9-/m1/s1. The van der Waals surface area contributed by atoms with E-state index in [1.54, 1.807) is 23.8 Å². The Hall–Kier alpha value is -1.49. The van der Waals surface area contributed by atoms with Crippen molar-refractivity contribution in [3.05, 3.63) is 23.0 Å². The van der Waals surface area contributed by atoms with Gasteiger partial charge in [-0.15, -0.1) is 0 Å². The second-order valence-electron chi connectivity index (χ2n) is 4.01. The molecule has 0 aliphatic heterocycles. The van der Waals surface area contributed by atoms with E-state index in [0.717, 1.165) is 6.42 Å². The average Bonchev–Trinajstić information content (AvgIpc) is 2.67. The van der Waals surface area contributed by atoms with Gasteiger partial charge in [0.25, 0.3) is 5.91 Å². The van der Waals surface area contributed by atoms with E-state index in [4.69, 9.17) is 16.7 Å². The first-order valence-electron chi connectivity index (χ1n) is 5.88. The Bertz CT molecular complexity index is 443. The highest BCUT2D eigenvalue weighted by Gasteiger charge is 2.20. The number of carboxylic acids is 1. The highest BCUT2D eigenvalue weighted by molar-refractivity contribution is 6.31. The fourth-order valence-corrected chi connectivity index (χ4v) is 1.88. The van der Waals surface area contributed by atoms with Gasteiger partial charge in [0, 0.05) is 12.7 Å². The maximum atomic E-state index is 12.0. The van der Waals surface area contributed by atoms with Crippen molar-refractivity contribution < 1.29 is 14.7 Å². The van der Waals surface area contributed by atoms with Crippen LogP contribution in [-0.4, -0.2) is 27.6 Å². The number of aromatic nitrogens is 1. The van der Waals surface area contributed by atoms with Crippen LogP contribution in [0.4, 0.5) is 0 Å². The molecule has 1 heterocycles. The summed E-state index contributed by atoms with van der Waals surface area (Å²) in [5.74, 6) is -1.45. The van der Waals surface area contributed by atoms with E-state index in [1.807, 2.05) is 6.92 Å². The van der Waals surface area contributed by atoms with Gasteiger partial charge in [0.15, 0.2) is 0 Å². The molecule has 0 radical (unpaired) electrons. The molecule has 1 atom stereocenters. The quantitative estimate of drug-likeness (QED) is 0.833. The van der Waals surface area contributed by atoms with E-state index in [2.05, 4.69) is 5.32 Å². The first-order valence-corrected chi connectivity index (χ1v) is 6.26. The summed E-state index contributed by atoms with van der Waals surface area (Å²) in [5.41, 5.74) is 0.390. The van der Waals surface area contributed by atoms with E-state index in [9.17, 15) is 9.59 Å². The number of aliphatic carboxylic acids is 1. The smallest absolute Gasteiger partial charge is 0.326 e. The molecule has 6 heteroatoms. The van der Waals surface area contributed by atoms with Crippen LogP contribution >= 0.6 is 11.6 Å². The second kappa shape index (κ2) is 6.44. The summed E-state index contributed by atoms with van der Waals surface area (Å²) in [6.07, 6.45) is 2.87. The number of carboxylic acid groups (broad SMARTS) is 1. The van der Waals surface area contributed by atoms with E-state index in [1.165, 1.54) is 0 Å². The van der Waals surface area contributed by atoms with Crippen molar-refractivity contribution in [3.8, 4) is 0 Å². The highest BCUT2D eigenvalue weighted by Crippen LogP contribution is 2.15. The summed E-state index contributed by atoms with van der Waals surface area (Å²) < 4.78 is 1.73. The Balaban J connectivity index is 2.86. The molecule has 0 aliphatic carbocycles. The molecule has 0 aromatic carbocycles. The fraction of sp³-hybridized carbons (Fsp3) is 0.500. The molecule has 0 saturated carbocycles. The number of nitrogens with one attached hydrogen (secondary N) is 1. The van der Waals surface area contributed by atoms with Crippen LogP contribution in [0.2, 0.25) is 5.02 Å². The van der Waals surface area contributed by atoms with Crippen LogP contribution in [0.3, 0.4) is 0 Å². The van der Waals surface area contributed by atoms with Crippen molar-refractivity contribution in [1.82, 2.24) is 9.88 Å². The van der Waals surface area contributed by atoms with E-state index in [-0.39, 0.29) is 0 Å². The zero-order valence-electron chi connectivity index (χ0n) is 10.4. The van der Waals surface area contributed by atoms with E-state index in [0.29, 0.717) is 23.7 Å². The average molecular weight is 273 g/mol. The van der Waals surface area contributed by atoms with Gasteiger partial charge in [0.1, 0.15) is 11.7 Å². The molecule has 0 aliphatic rings. The van der Waals surface area contributed by atoms with Gasteiger partial charge in [-0.1, -0.05) is 25.4 Å². The zero-order chi connectivity index (χ0) is 13.7. The van der Waals surface area contributed by atoms with E-state index < -0.39 is 17.9 Å². The normalized spacial score (nSPS) is 12.2. The summed E-state index contributed by atoms with van der Waals surface area (Å²) in [6, 6.07) is 0.669. The van der Waals surface area contributed by atoms with Gasteiger partial charge in [0.2, 0.25) is 0 Å². The third-order valence-electron chi connectivity index (χ3n) is 2.57. The van der Waals surface area contributed by atoms with Gasteiger partial charge < -0.3 is 15.0 Å². The number of carbonyl (C=O) groups excluding carboxylic acids is 1. The first kappa shape index (κ1) is 14.6. The predicted octanol–water partition coefficient (Wildman–Crippen LogP) is 2.14. The lowest BCUT2D eigenvalue weighted by atomic mass is 10.2. The molecule has 1 rings (SSSR count). The SMILES string of the molecule is CCCn1cc(Cl)cc1C(=O)N[C@H](CC)C(=O)O. The van der Waals surface area contributed by atoms with Gasteiger partial charge in [-0.3, -0.25) is 4.79 Å². The van der Waals surface area contributed by atoms with E-state index >= 15 is 0 Å². The van der Waals surface area contributed by atoms with Crippen molar-refractivity contribution in [2.75, 3.05) is 0 Å². The molecule has 0 unspecified atom stereocenters. The largest absolute Gasteiger partial charge is 0.480 e. The number of nitrogens with zero attached hydrogens (tertiary/aromatic N) is 1. The third kappa shape index (κ3) is 3.50. The molecule has 1 aromatic rings. The molecule has 0 saturated heterocycles. The number of carbonyl (C=O) groups is 2. The number of hydrogen-bond acceptors (Lipinski definition) is 2. The minimum atomic E-state index is -1.04. The molecule has 5 nitrogen and oxygen atoms in total. The minimum absolute atomic E-state index is 0.337. The molecule has 0 bridgehead atoms. The van der Waals surface area contributed by atoms with Crippen LogP contribution < -0.4 is 5.32 Å². The van der Waals surface area contributed by atoms with Crippen LogP contribution in [0, 0.1) is 0 Å². The van der Waals surface area contributed by atoms with Crippen LogP contribution in [0.25, 0.3) is 0 Å². The Morgan fingerprint density at radius 1 is 1.50 bits per heavy atom. The van der Waals surface area contributed by atoms with Gasteiger partial charge >= 0.3 is 5.97 Å². The van der Waals surface area contributed by atoms with Crippen molar-refractivity contribution >= 4 is 23.5 Å². The van der Waals surface area contributed by atoms with Crippen LogP contribution in [0.5, 0.6) is 0 Å². The lowest BCUT2D eigenvalue weighted by molar-refractivity contribution is -0.139. The Morgan fingerprint density at radius 3 is 2.67 bits per heavy atom. The summed E-state index contributed by atoms with van der Waals surface area (Å²) in [6.45, 7) is 4.36. The number of rotatable bonds is 6. The lowest BCUT2D eigenvalue weighted by Crippen LogP contribution is -2.40. The van der Waals surface area contributed by atoms with Crippen LogP contribution in [0.1, 0.15) is 37.2 Å². The Kier molecular flexibility index (Phi) is 5.22. The van der Waals surface area contributed by atoms with Crippen LogP contribution in [0.15, 0.2) is 12.3 Å². The number of aryl methyl sites for hydroxylation is 1.